The molecule has 0 saturated heterocycles. The maximum Gasteiger partial charge on any atom is 0.396 e. The predicted molar refractivity (Wildman–Crippen MR) is 46.8 cm³/mol. The van der Waals surface area contributed by atoms with E-state index in [0.29, 0.717) is 5.58 Å². The first kappa shape index (κ1) is 7.36. The van der Waals surface area contributed by atoms with Crippen LogP contribution in [-0.4, -0.2) is 5.11 Å². The van der Waals surface area contributed by atoms with Gasteiger partial charge in [-0.25, -0.2) is 4.79 Å². The average Bonchev–Trinajstić information content (AvgIpc) is 2.29. The molecule has 1 heterocycles. The van der Waals surface area contributed by atoms with Crippen LogP contribution < -0.4 is 4.94 Å². The Morgan fingerprint density at radius 2 is 2.25 bits per heavy atom. The van der Waals surface area contributed by atoms with Gasteiger partial charge < -0.3 is 9.52 Å². The number of rotatable bonds is 0. The number of benzene rings is 1. The Morgan fingerprint density at radius 1 is 1.50 bits per heavy atom. The molecule has 2 aromatic rings. The van der Waals surface area contributed by atoms with Crippen LogP contribution in [0.25, 0.3) is 10.3 Å². The van der Waals surface area contributed by atoms with E-state index in [1.54, 1.807) is 6.07 Å². The monoisotopic (exact) mass is 182 g/mol. The zero-order valence-corrected chi connectivity index (χ0v) is 7.14. The molecule has 2 rings (SSSR count). The molecule has 0 bridgehead atoms. The Labute approximate surface area is 71.9 Å². The SMILES string of the molecule is Cc1cc(O)cc2oc(=O)sc12. The van der Waals surface area contributed by atoms with Crippen LogP contribution in [0.3, 0.4) is 0 Å². The van der Waals surface area contributed by atoms with Crippen molar-refractivity contribution < 1.29 is 9.52 Å². The highest BCUT2D eigenvalue weighted by molar-refractivity contribution is 7.16. The van der Waals surface area contributed by atoms with Crippen LogP contribution in [0.15, 0.2) is 21.3 Å². The minimum Gasteiger partial charge on any atom is -0.508 e. The number of hydrogen-bond acceptors (Lipinski definition) is 4. The molecule has 12 heavy (non-hydrogen) atoms. The van der Waals surface area contributed by atoms with Crippen LogP contribution >= 0.6 is 11.3 Å². The molecule has 4 heteroatoms. The fourth-order valence-electron chi connectivity index (χ4n) is 1.12. The highest BCUT2D eigenvalue weighted by Gasteiger charge is 2.05. The second-order valence-corrected chi connectivity index (χ2v) is 3.49. The van der Waals surface area contributed by atoms with Gasteiger partial charge in [-0.3, -0.25) is 0 Å². The molecule has 1 N–H and O–H groups in total. The Kier molecular flexibility index (Phi) is 1.44. The summed E-state index contributed by atoms with van der Waals surface area (Å²) in [6.45, 7) is 1.83. The van der Waals surface area contributed by atoms with E-state index < -0.39 is 0 Å². The molecular formula is C8H6O3S. The molecule has 0 atom stereocenters. The molecule has 1 aromatic carbocycles. The van der Waals surface area contributed by atoms with Crippen LogP contribution in [0.2, 0.25) is 0 Å². The molecule has 0 spiro atoms. The maximum atomic E-state index is 10.8. The van der Waals surface area contributed by atoms with Crippen molar-refractivity contribution in [2.24, 2.45) is 0 Å². The van der Waals surface area contributed by atoms with Gasteiger partial charge >= 0.3 is 4.94 Å². The minimum absolute atomic E-state index is 0.126. The van der Waals surface area contributed by atoms with E-state index >= 15 is 0 Å². The fraction of sp³-hybridized carbons (Fsp3) is 0.125. The number of phenols is 1. The zero-order valence-electron chi connectivity index (χ0n) is 6.33. The van der Waals surface area contributed by atoms with Crippen molar-refractivity contribution in [1.82, 2.24) is 0 Å². The Morgan fingerprint density at radius 3 is 3.00 bits per heavy atom. The molecule has 0 aliphatic carbocycles. The van der Waals surface area contributed by atoms with Crippen molar-refractivity contribution in [1.29, 1.82) is 0 Å². The molecule has 0 fully saturated rings. The topological polar surface area (TPSA) is 50.4 Å². The molecule has 0 amide bonds. The van der Waals surface area contributed by atoms with E-state index in [1.807, 2.05) is 6.92 Å². The van der Waals surface area contributed by atoms with E-state index in [-0.39, 0.29) is 10.7 Å². The van der Waals surface area contributed by atoms with Gasteiger partial charge in [0.1, 0.15) is 5.75 Å². The molecule has 0 aliphatic heterocycles. The number of phenolic OH excluding ortho intramolecular Hbond substituents is 1. The Bertz CT molecular complexity index is 480. The summed E-state index contributed by atoms with van der Waals surface area (Å²) in [5.41, 5.74) is 1.32. The minimum atomic E-state index is -0.335. The van der Waals surface area contributed by atoms with E-state index in [1.165, 1.54) is 6.07 Å². The summed E-state index contributed by atoms with van der Waals surface area (Å²) in [6, 6.07) is 3.05. The summed E-state index contributed by atoms with van der Waals surface area (Å²) in [4.78, 5) is 10.5. The summed E-state index contributed by atoms with van der Waals surface area (Å²) >= 11 is 1.05. The zero-order chi connectivity index (χ0) is 8.72. The lowest BCUT2D eigenvalue weighted by Gasteiger charge is -1.93. The lowest BCUT2D eigenvalue weighted by Crippen LogP contribution is -1.79. The first-order chi connectivity index (χ1) is 5.66. The van der Waals surface area contributed by atoms with Gasteiger partial charge in [-0.15, -0.1) is 0 Å². The third-order valence-corrected chi connectivity index (χ3v) is 2.58. The van der Waals surface area contributed by atoms with Crippen LogP contribution in [-0.2, 0) is 0 Å². The molecule has 62 valence electrons. The summed E-state index contributed by atoms with van der Waals surface area (Å²) < 4.78 is 5.64. The lowest BCUT2D eigenvalue weighted by molar-refractivity contribution is 0.473. The average molecular weight is 182 g/mol. The second kappa shape index (κ2) is 2.35. The van der Waals surface area contributed by atoms with Gasteiger partial charge in [-0.05, 0) is 18.6 Å². The first-order valence-corrected chi connectivity index (χ1v) is 4.22. The number of aromatic hydroxyl groups is 1. The molecule has 0 saturated carbocycles. The predicted octanol–water partition coefficient (Wildman–Crippen LogP) is 1.87. The maximum absolute atomic E-state index is 10.8. The summed E-state index contributed by atoms with van der Waals surface area (Å²) in [7, 11) is 0. The first-order valence-electron chi connectivity index (χ1n) is 3.40. The second-order valence-electron chi connectivity index (χ2n) is 2.54. The summed E-state index contributed by atoms with van der Waals surface area (Å²) in [6.07, 6.45) is 0. The molecule has 3 nitrogen and oxygen atoms in total. The van der Waals surface area contributed by atoms with Gasteiger partial charge in [-0.2, -0.15) is 0 Å². The standard InChI is InChI=1S/C8H6O3S/c1-4-2-5(9)3-6-7(4)12-8(10)11-6/h2-3,9H,1H3. The van der Waals surface area contributed by atoms with Crippen molar-refractivity contribution in [2.75, 3.05) is 0 Å². The van der Waals surface area contributed by atoms with Crippen molar-refractivity contribution >= 4 is 21.6 Å². The lowest BCUT2D eigenvalue weighted by atomic mass is 10.2. The smallest absolute Gasteiger partial charge is 0.396 e. The molecule has 1 aromatic heterocycles. The van der Waals surface area contributed by atoms with E-state index in [0.717, 1.165) is 21.6 Å². The number of fused-ring (bicyclic) bond motifs is 1. The van der Waals surface area contributed by atoms with Crippen molar-refractivity contribution in [2.45, 2.75) is 6.92 Å². The summed E-state index contributed by atoms with van der Waals surface area (Å²) in [5.74, 6) is 0.126. The fourth-order valence-corrected chi connectivity index (χ4v) is 1.84. The Balaban J connectivity index is 2.97. The van der Waals surface area contributed by atoms with Gasteiger partial charge in [0.05, 0.1) is 4.70 Å². The Hall–Kier alpha value is -1.29. The van der Waals surface area contributed by atoms with Gasteiger partial charge in [-0.1, -0.05) is 11.3 Å². The van der Waals surface area contributed by atoms with E-state index in [4.69, 9.17) is 9.52 Å². The molecule has 0 radical (unpaired) electrons. The quantitative estimate of drug-likeness (QED) is 0.676. The van der Waals surface area contributed by atoms with E-state index in [2.05, 4.69) is 0 Å². The highest BCUT2D eigenvalue weighted by atomic mass is 32.1. The number of hydrogen-bond donors (Lipinski definition) is 1. The molecule has 0 unspecified atom stereocenters. The largest absolute Gasteiger partial charge is 0.508 e. The third-order valence-electron chi connectivity index (χ3n) is 1.60. The van der Waals surface area contributed by atoms with Gasteiger partial charge in [0.2, 0.25) is 0 Å². The van der Waals surface area contributed by atoms with Crippen molar-refractivity contribution in [3.05, 3.63) is 27.4 Å². The normalized spacial score (nSPS) is 10.8. The summed E-state index contributed by atoms with van der Waals surface area (Å²) in [5, 5.41) is 9.16. The van der Waals surface area contributed by atoms with Gasteiger partial charge in [0.25, 0.3) is 0 Å². The highest BCUT2D eigenvalue weighted by Crippen LogP contribution is 2.25. The van der Waals surface area contributed by atoms with Crippen LogP contribution in [0.4, 0.5) is 0 Å². The third kappa shape index (κ3) is 1.00. The van der Waals surface area contributed by atoms with Gasteiger partial charge in [0, 0.05) is 6.07 Å². The number of aryl methyl sites for hydroxylation is 1. The van der Waals surface area contributed by atoms with Crippen molar-refractivity contribution in [3.63, 3.8) is 0 Å². The van der Waals surface area contributed by atoms with Crippen LogP contribution in [0.1, 0.15) is 5.56 Å². The van der Waals surface area contributed by atoms with Crippen molar-refractivity contribution in [3.8, 4) is 5.75 Å². The van der Waals surface area contributed by atoms with Crippen LogP contribution in [0, 0.1) is 6.92 Å². The van der Waals surface area contributed by atoms with E-state index in [9.17, 15) is 4.79 Å². The molecular weight excluding hydrogens is 176 g/mol. The van der Waals surface area contributed by atoms with Crippen LogP contribution in [0.5, 0.6) is 5.75 Å². The van der Waals surface area contributed by atoms with Gasteiger partial charge in [0.15, 0.2) is 5.58 Å². The molecule has 0 aliphatic rings.